The van der Waals surface area contributed by atoms with Gasteiger partial charge in [-0.25, -0.2) is 31.5 Å². The van der Waals surface area contributed by atoms with Gasteiger partial charge in [-0.05, 0) is 73.4 Å². The summed E-state index contributed by atoms with van der Waals surface area (Å²) in [4.78, 5) is 81.7. The summed E-state index contributed by atoms with van der Waals surface area (Å²) in [5.41, 5.74) is 0.128. The van der Waals surface area contributed by atoms with Crippen LogP contribution >= 0.6 is 0 Å². The molecule has 3 N–H and O–H groups in total. The molecule has 15 nitrogen and oxygen atoms in total. The lowest BCUT2D eigenvalue weighted by Gasteiger charge is -2.31. The van der Waals surface area contributed by atoms with Gasteiger partial charge in [0.05, 0.1) is 37.0 Å². The summed E-state index contributed by atoms with van der Waals surface area (Å²) in [7, 11) is 2.34. The van der Waals surface area contributed by atoms with Crippen LogP contribution in [-0.2, 0) is 35.1 Å². The van der Waals surface area contributed by atoms with Gasteiger partial charge in [-0.3, -0.25) is 19.2 Å². The number of hydrogen-bond donors (Lipinski definition) is 3. The van der Waals surface area contributed by atoms with Gasteiger partial charge in [-0.1, -0.05) is 33.8 Å². The Kier molecular flexibility index (Phi) is 13.6. The summed E-state index contributed by atoms with van der Waals surface area (Å²) in [6.07, 6.45) is -2.00. The highest BCUT2D eigenvalue weighted by molar-refractivity contribution is 6.00. The van der Waals surface area contributed by atoms with E-state index in [0.29, 0.717) is 48.7 Å². The fourth-order valence-corrected chi connectivity index (χ4v) is 8.93. The minimum Gasteiger partial charge on any atom is -0.465 e. The lowest BCUT2D eigenvalue weighted by atomic mass is 9.99. The monoisotopic (exact) mass is 924 g/mol. The molecule has 352 valence electrons. The number of benzene rings is 3. The number of amides is 5. The molecule has 0 bridgehead atoms. The first-order valence-corrected chi connectivity index (χ1v) is 21.5. The molecule has 5 amide bonds. The van der Waals surface area contributed by atoms with E-state index in [0.717, 1.165) is 7.11 Å². The number of alkyl carbamates (subject to hydrolysis) is 2. The number of nitrogens with one attached hydrogen (secondary N) is 3. The van der Waals surface area contributed by atoms with Crippen molar-refractivity contribution in [3.05, 3.63) is 82.7 Å². The molecule has 20 heteroatoms. The van der Waals surface area contributed by atoms with Gasteiger partial charge in [0.15, 0.2) is 29.1 Å². The summed E-state index contributed by atoms with van der Waals surface area (Å²) in [6, 6.07) is 7.05. The molecular formula is C46H49F5N6O9. The van der Waals surface area contributed by atoms with Crippen molar-refractivity contribution in [3.63, 3.8) is 0 Å². The van der Waals surface area contributed by atoms with Crippen LogP contribution in [-0.4, -0.2) is 102 Å². The van der Waals surface area contributed by atoms with Crippen LogP contribution in [0.2, 0.25) is 0 Å². The van der Waals surface area contributed by atoms with Gasteiger partial charge in [-0.2, -0.15) is 0 Å². The van der Waals surface area contributed by atoms with E-state index >= 15 is 8.78 Å². The van der Waals surface area contributed by atoms with E-state index in [9.17, 15) is 41.9 Å². The van der Waals surface area contributed by atoms with Crippen LogP contribution in [0.15, 0.2) is 42.5 Å². The second kappa shape index (κ2) is 19.0. The number of ether oxygens (including phenoxy) is 3. The number of carbonyl (C=O) groups is 6. The molecule has 0 spiro atoms. The summed E-state index contributed by atoms with van der Waals surface area (Å²) in [5.74, 6) is -13.5. The van der Waals surface area contributed by atoms with Crippen molar-refractivity contribution in [2.45, 2.75) is 90.2 Å². The third-order valence-electron chi connectivity index (χ3n) is 12.3. The standard InChI is InChI=1S/C46H49F5N6O9/c1-21(2)39(53-45(62)64-5)42(60)55-15-7-9-28(55)31(58)18-23-11-14-27-24(17-23)19-30-26-13-12-25(20-32(26)66-44(57(27)30)33-34(47)36(49)38(51)37(50)35(33)48)52-41(59)29-10-8-16-56(29)43(61)40(22(3)4)54-46(63)65-6/h11-14,17,19-22,28-29,39-40,44H,7-10,15-16,18H2,1-6H3,(H,52,59)(H,53,62)(H,54,63)/t28-,29-,39-,40-,44-/m0/s1. The molecule has 4 heterocycles. The Morgan fingerprint density at radius 1 is 0.712 bits per heavy atom. The zero-order valence-electron chi connectivity index (χ0n) is 36.9. The van der Waals surface area contributed by atoms with Crippen molar-refractivity contribution in [3.8, 4) is 17.0 Å². The smallest absolute Gasteiger partial charge is 0.407 e. The fraction of sp³-hybridized carbons (Fsp3) is 0.435. The van der Waals surface area contributed by atoms with E-state index < -0.39 is 95.0 Å². The number of Topliss-reactive ketones (excluding diaryl/α,β-unsaturated/α-hetero) is 1. The number of halogens is 5. The van der Waals surface area contributed by atoms with E-state index in [1.54, 1.807) is 45.9 Å². The van der Waals surface area contributed by atoms with Crippen LogP contribution in [0, 0.1) is 40.9 Å². The molecule has 3 aliphatic heterocycles. The molecule has 0 saturated carbocycles. The highest BCUT2D eigenvalue weighted by atomic mass is 19.2. The van der Waals surface area contributed by atoms with Crippen molar-refractivity contribution >= 4 is 52.3 Å². The summed E-state index contributed by atoms with van der Waals surface area (Å²) < 4.78 is 92.1. The number of ketones is 1. The summed E-state index contributed by atoms with van der Waals surface area (Å²) >= 11 is 0. The molecule has 4 aromatic rings. The number of hydrogen-bond acceptors (Lipinski definition) is 9. The Hall–Kier alpha value is -6.73. The third kappa shape index (κ3) is 8.83. The van der Waals surface area contributed by atoms with E-state index in [1.807, 2.05) is 0 Å². The number of nitrogens with zero attached hydrogens (tertiary/aromatic N) is 3. The van der Waals surface area contributed by atoms with Gasteiger partial charge in [0, 0.05) is 42.2 Å². The third-order valence-corrected chi connectivity index (χ3v) is 12.3. The van der Waals surface area contributed by atoms with Crippen LogP contribution < -0.4 is 20.7 Å². The molecule has 7 rings (SSSR count). The maximum absolute atomic E-state index is 15.7. The van der Waals surface area contributed by atoms with Gasteiger partial charge in [0.25, 0.3) is 0 Å². The number of methoxy groups -OCH3 is 2. The Morgan fingerprint density at radius 2 is 1.26 bits per heavy atom. The lowest BCUT2D eigenvalue weighted by molar-refractivity contribution is -0.139. The average molecular weight is 925 g/mol. The van der Waals surface area contributed by atoms with Crippen LogP contribution in [0.3, 0.4) is 0 Å². The first-order valence-electron chi connectivity index (χ1n) is 21.5. The average Bonchev–Trinajstić information content (AvgIpc) is 4.07. The van der Waals surface area contributed by atoms with Gasteiger partial charge in [0.2, 0.25) is 29.8 Å². The second-order valence-corrected chi connectivity index (χ2v) is 17.2. The normalized spacial score (nSPS) is 18.7. The van der Waals surface area contributed by atoms with Crippen molar-refractivity contribution < 1.29 is 64.9 Å². The number of likely N-dealkylation sites (tertiary alicyclic amines) is 2. The highest BCUT2D eigenvalue weighted by Crippen LogP contribution is 2.47. The van der Waals surface area contributed by atoms with Crippen LogP contribution in [0.1, 0.15) is 70.7 Å². The molecule has 3 aromatic carbocycles. The molecule has 0 unspecified atom stereocenters. The number of anilines is 1. The zero-order chi connectivity index (χ0) is 47.9. The number of rotatable bonds is 12. The molecule has 1 aromatic heterocycles. The van der Waals surface area contributed by atoms with E-state index in [1.165, 1.54) is 45.7 Å². The molecule has 5 atom stereocenters. The van der Waals surface area contributed by atoms with Crippen LogP contribution in [0.5, 0.6) is 5.75 Å². The molecule has 0 radical (unpaired) electrons. The zero-order valence-corrected chi connectivity index (χ0v) is 36.9. The number of carbonyl (C=O) groups excluding carboxylic acids is 6. The highest BCUT2D eigenvalue weighted by Gasteiger charge is 2.42. The van der Waals surface area contributed by atoms with Gasteiger partial charge < -0.3 is 44.5 Å². The van der Waals surface area contributed by atoms with E-state index in [-0.39, 0.29) is 53.2 Å². The molecule has 2 fully saturated rings. The van der Waals surface area contributed by atoms with Gasteiger partial charge in [0.1, 0.15) is 23.9 Å². The fourth-order valence-electron chi connectivity index (χ4n) is 8.93. The Bertz CT molecular complexity index is 2590. The molecule has 2 saturated heterocycles. The molecule has 3 aliphatic rings. The Morgan fingerprint density at radius 3 is 1.82 bits per heavy atom. The topological polar surface area (TPSA) is 178 Å². The van der Waals surface area contributed by atoms with Crippen molar-refractivity contribution in [2.75, 3.05) is 32.6 Å². The minimum absolute atomic E-state index is 0.0960. The summed E-state index contributed by atoms with van der Waals surface area (Å²) in [5, 5.41) is 8.21. The molecular weight excluding hydrogens is 876 g/mol. The molecule has 0 aliphatic carbocycles. The minimum atomic E-state index is -2.36. The second-order valence-electron chi connectivity index (χ2n) is 17.2. The van der Waals surface area contributed by atoms with E-state index in [4.69, 9.17) is 4.74 Å². The predicted octanol–water partition coefficient (Wildman–Crippen LogP) is 6.74. The largest absolute Gasteiger partial charge is 0.465 e. The maximum atomic E-state index is 15.7. The Labute approximate surface area is 375 Å². The predicted molar refractivity (Wildman–Crippen MR) is 228 cm³/mol. The van der Waals surface area contributed by atoms with Crippen molar-refractivity contribution in [2.24, 2.45) is 11.8 Å². The first kappa shape index (κ1) is 47.2. The lowest BCUT2D eigenvalue weighted by Crippen LogP contribution is -2.54. The van der Waals surface area contributed by atoms with Crippen LogP contribution in [0.4, 0.5) is 37.2 Å². The number of fused-ring (bicyclic) bond motifs is 5. The Balaban J connectivity index is 1.21. The van der Waals surface area contributed by atoms with Crippen LogP contribution in [0.25, 0.3) is 22.2 Å². The van der Waals surface area contributed by atoms with Gasteiger partial charge >= 0.3 is 12.2 Å². The van der Waals surface area contributed by atoms with Crippen molar-refractivity contribution in [1.82, 2.24) is 25.0 Å². The quantitative estimate of drug-likeness (QED) is 0.0790. The van der Waals surface area contributed by atoms with Crippen molar-refractivity contribution in [1.29, 1.82) is 0 Å². The number of aromatic nitrogens is 1. The molecule has 66 heavy (non-hydrogen) atoms. The van der Waals surface area contributed by atoms with E-state index in [2.05, 4.69) is 25.4 Å². The first-order chi connectivity index (χ1) is 31.4. The SMILES string of the molecule is COC(=O)N[C@H](C(=O)N1CCC[C@H]1C(=O)Cc1ccc2c(c1)cc1n2[C@H](c2c(F)c(F)c(F)c(F)c2F)Oc2cc(NC(=O)[C@@H]3CCCN3C(=O)[C@@H](NC(=O)OC)C(C)C)ccc2-1)C(C)C. The van der Waals surface area contributed by atoms with Gasteiger partial charge in [-0.15, -0.1) is 0 Å². The summed E-state index contributed by atoms with van der Waals surface area (Å²) in [6.45, 7) is 7.48. The maximum Gasteiger partial charge on any atom is 0.407 e.